The first kappa shape index (κ1) is 26.1. The Labute approximate surface area is 183 Å². The van der Waals surface area contributed by atoms with Crippen LogP contribution in [0, 0.1) is 0 Å². The fourth-order valence-corrected chi connectivity index (χ4v) is 4.42. The van der Waals surface area contributed by atoms with E-state index in [9.17, 15) is 0 Å². The van der Waals surface area contributed by atoms with Gasteiger partial charge in [-0.15, -0.1) is 0 Å². The largest absolute Gasteiger partial charge is 0.364 e. The molecule has 168 valence electrons. The minimum atomic E-state index is 0.596. The van der Waals surface area contributed by atoms with Crippen molar-refractivity contribution >= 4 is 0 Å². The minimum Gasteiger partial charge on any atom is -0.364 e. The molecule has 0 saturated carbocycles. The van der Waals surface area contributed by atoms with Crippen LogP contribution >= 0.6 is 0 Å². The molecular formula is C28H51N. The van der Waals surface area contributed by atoms with E-state index in [4.69, 9.17) is 0 Å². The average Bonchev–Trinajstić information content (AvgIpc) is 3.25. The summed E-state index contributed by atoms with van der Waals surface area (Å²) in [6.45, 7) is 6.95. The van der Waals surface area contributed by atoms with E-state index in [1.165, 1.54) is 121 Å². The zero-order valence-corrected chi connectivity index (χ0v) is 20.1. The second-order valence-corrected chi connectivity index (χ2v) is 9.15. The molecule has 0 aliphatic heterocycles. The number of nitrogens with one attached hydrogen (secondary N) is 1. The molecule has 0 amide bonds. The molecule has 0 saturated heterocycles. The van der Waals surface area contributed by atoms with Crippen LogP contribution in [0.1, 0.15) is 148 Å². The maximum atomic E-state index is 3.49. The van der Waals surface area contributed by atoms with E-state index in [1.54, 1.807) is 5.57 Å². The van der Waals surface area contributed by atoms with Crippen molar-refractivity contribution in [3.8, 4) is 0 Å². The van der Waals surface area contributed by atoms with Gasteiger partial charge in [0.15, 0.2) is 0 Å². The SMILES string of the molecule is CCCCCCCCC=C(C)C(CCCCCCCCCCCC)c1ccc[nH]1. The highest BCUT2D eigenvalue weighted by molar-refractivity contribution is 5.22. The Morgan fingerprint density at radius 3 is 1.79 bits per heavy atom. The first-order valence-electron chi connectivity index (χ1n) is 13.1. The van der Waals surface area contributed by atoms with Crippen LogP contribution in [0.15, 0.2) is 30.0 Å². The predicted octanol–water partition coefficient (Wildman–Crippen LogP) is 10.1. The fraction of sp³-hybridized carbons (Fsp3) is 0.786. The van der Waals surface area contributed by atoms with E-state index in [1.807, 2.05) is 0 Å². The number of H-pyrrole nitrogens is 1. The Kier molecular flexibility index (Phi) is 17.1. The first-order chi connectivity index (χ1) is 14.3. The molecule has 0 aliphatic carbocycles. The van der Waals surface area contributed by atoms with Gasteiger partial charge < -0.3 is 4.98 Å². The third-order valence-electron chi connectivity index (χ3n) is 6.42. The van der Waals surface area contributed by atoms with Crippen molar-refractivity contribution in [1.29, 1.82) is 0 Å². The topological polar surface area (TPSA) is 15.8 Å². The molecule has 1 atom stereocenters. The molecule has 0 fully saturated rings. The number of unbranched alkanes of at least 4 members (excludes halogenated alkanes) is 15. The van der Waals surface area contributed by atoms with Gasteiger partial charge in [-0.2, -0.15) is 0 Å². The van der Waals surface area contributed by atoms with Gasteiger partial charge in [-0.05, 0) is 38.3 Å². The Balaban J connectivity index is 2.22. The van der Waals surface area contributed by atoms with E-state index in [2.05, 4.69) is 50.2 Å². The zero-order chi connectivity index (χ0) is 21.0. The number of aromatic amines is 1. The van der Waals surface area contributed by atoms with Crippen LogP contribution in [0.2, 0.25) is 0 Å². The van der Waals surface area contributed by atoms with Crippen LogP contribution < -0.4 is 0 Å². The number of aromatic nitrogens is 1. The molecule has 0 aromatic carbocycles. The van der Waals surface area contributed by atoms with Crippen LogP contribution in [0.25, 0.3) is 0 Å². The van der Waals surface area contributed by atoms with E-state index < -0.39 is 0 Å². The summed E-state index contributed by atoms with van der Waals surface area (Å²) in [7, 11) is 0. The van der Waals surface area contributed by atoms with E-state index >= 15 is 0 Å². The Morgan fingerprint density at radius 1 is 0.759 bits per heavy atom. The molecule has 0 bridgehead atoms. The summed E-state index contributed by atoms with van der Waals surface area (Å²) in [5.41, 5.74) is 2.99. The van der Waals surface area contributed by atoms with Gasteiger partial charge in [0.05, 0.1) is 0 Å². The summed E-state index contributed by atoms with van der Waals surface area (Å²) in [5, 5.41) is 0. The van der Waals surface area contributed by atoms with E-state index in [0.717, 1.165) is 0 Å². The van der Waals surface area contributed by atoms with E-state index in [-0.39, 0.29) is 0 Å². The van der Waals surface area contributed by atoms with Crippen LogP contribution in [0.4, 0.5) is 0 Å². The molecule has 1 rings (SSSR count). The van der Waals surface area contributed by atoms with Crippen molar-refractivity contribution in [3.05, 3.63) is 35.7 Å². The van der Waals surface area contributed by atoms with Crippen molar-refractivity contribution in [2.45, 2.75) is 142 Å². The summed E-state index contributed by atoms with van der Waals surface area (Å²) < 4.78 is 0. The van der Waals surface area contributed by atoms with E-state index in [0.29, 0.717) is 5.92 Å². The standard InChI is InChI=1S/C28H51N/c1-4-6-8-10-12-13-14-16-18-20-23-27(28-24-21-25-29-28)26(3)22-19-17-15-11-9-7-5-2/h21-22,24-25,27,29H,4-20,23H2,1-3H3. The minimum absolute atomic E-state index is 0.596. The summed E-state index contributed by atoms with van der Waals surface area (Å²) in [6.07, 6.45) is 29.7. The molecule has 1 aromatic heterocycles. The third-order valence-corrected chi connectivity index (χ3v) is 6.42. The first-order valence-corrected chi connectivity index (χ1v) is 13.1. The monoisotopic (exact) mass is 401 g/mol. The number of allylic oxidation sites excluding steroid dienone is 2. The summed E-state index contributed by atoms with van der Waals surface area (Å²) in [5.74, 6) is 0.596. The maximum Gasteiger partial charge on any atom is 0.0219 e. The van der Waals surface area contributed by atoms with Crippen molar-refractivity contribution in [1.82, 2.24) is 4.98 Å². The lowest BCUT2D eigenvalue weighted by molar-refractivity contribution is 0.536. The Bertz CT molecular complexity index is 471. The molecule has 0 aliphatic rings. The molecule has 0 spiro atoms. The highest BCUT2D eigenvalue weighted by atomic mass is 14.7. The van der Waals surface area contributed by atoms with Gasteiger partial charge in [0.2, 0.25) is 0 Å². The highest BCUT2D eigenvalue weighted by Gasteiger charge is 2.14. The van der Waals surface area contributed by atoms with Gasteiger partial charge in [0.1, 0.15) is 0 Å². The van der Waals surface area contributed by atoms with Crippen LogP contribution in [0.5, 0.6) is 0 Å². The summed E-state index contributed by atoms with van der Waals surface area (Å²) in [4.78, 5) is 3.49. The van der Waals surface area contributed by atoms with Gasteiger partial charge in [-0.1, -0.05) is 122 Å². The molecule has 1 heterocycles. The van der Waals surface area contributed by atoms with Gasteiger partial charge in [-0.25, -0.2) is 0 Å². The molecule has 1 aromatic rings. The molecule has 1 N–H and O–H groups in total. The highest BCUT2D eigenvalue weighted by Crippen LogP contribution is 2.29. The second-order valence-electron chi connectivity index (χ2n) is 9.15. The summed E-state index contributed by atoms with van der Waals surface area (Å²) in [6, 6.07) is 4.44. The van der Waals surface area contributed by atoms with Crippen LogP contribution in [0.3, 0.4) is 0 Å². The molecule has 0 radical (unpaired) electrons. The predicted molar refractivity (Wildman–Crippen MR) is 132 cm³/mol. The second kappa shape index (κ2) is 19.0. The lowest BCUT2D eigenvalue weighted by atomic mass is 9.89. The lowest BCUT2D eigenvalue weighted by Crippen LogP contribution is -2.02. The Hall–Kier alpha value is -0.980. The van der Waals surface area contributed by atoms with Gasteiger partial charge in [-0.3, -0.25) is 0 Å². The van der Waals surface area contributed by atoms with Crippen molar-refractivity contribution in [2.75, 3.05) is 0 Å². The van der Waals surface area contributed by atoms with Gasteiger partial charge >= 0.3 is 0 Å². The van der Waals surface area contributed by atoms with Gasteiger partial charge in [0.25, 0.3) is 0 Å². The third kappa shape index (κ3) is 13.8. The number of hydrogen-bond donors (Lipinski definition) is 1. The number of rotatable bonds is 20. The normalized spacial score (nSPS) is 13.1. The molecule has 29 heavy (non-hydrogen) atoms. The fourth-order valence-electron chi connectivity index (χ4n) is 4.42. The van der Waals surface area contributed by atoms with Crippen molar-refractivity contribution in [2.24, 2.45) is 0 Å². The lowest BCUT2D eigenvalue weighted by Gasteiger charge is -2.17. The smallest absolute Gasteiger partial charge is 0.0219 e. The molecule has 1 unspecified atom stereocenters. The molecule has 1 heteroatoms. The van der Waals surface area contributed by atoms with Crippen LogP contribution in [-0.2, 0) is 0 Å². The summed E-state index contributed by atoms with van der Waals surface area (Å²) >= 11 is 0. The average molecular weight is 402 g/mol. The quantitative estimate of drug-likeness (QED) is 0.165. The molecule has 1 nitrogen and oxygen atoms in total. The number of hydrogen-bond acceptors (Lipinski definition) is 0. The van der Waals surface area contributed by atoms with Crippen molar-refractivity contribution < 1.29 is 0 Å². The Morgan fingerprint density at radius 2 is 1.28 bits per heavy atom. The zero-order valence-electron chi connectivity index (χ0n) is 20.1. The maximum absolute atomic E-state index is 3.49. The molecular weight excluding hydrogens is 350 g/mol. The van der Waals surface area contributed by atoms with Crippen LogP contribution in [-0.4, -0.2) is 4.98 Å². The van der Waals surface area contributed by atoms with Gasteiger partial charge in [0, 0.05) is 17.8 Å². The van der Waals surface area contributed by atoms with Crippen molar-refractivity contribution in [3.63, 3.8) is 0 Å².